The first-order chi connectivity index (χ1) is 10.6. The maximum atomic E-state index is 11.5. The summed E-state index contributed by atoms with van der Waals surface area (Å²) in [5, 5.41) is 0. The molecular formula is C17H20O5. The molecular weight excluding hydrogens is 284 g/mol. The molecule has 0 amide bonds. The summed E-state index contributed by atoms with van der Waals surface area (Å²) in [6.45, 7) is 2.15. The van der Waals surface area contributed by atoms with Crippen LogP contribution in [0, 0.1) is 0 Å². The third-order valence-corrected chi connectivity index (χ3v) is 3.42. The number of rotatable bonds is 5. The molecule has 0 saturated heterocycles. The van der Waals surface area contributed by atoms with Crippen LogP contribution in [0.3, 0.4) is 0 Å². The molecule has 0 unspecified atom stereocenters. The quantitative estimate of drug-likeness (QED) is 0.618. The van der Waals surface area contributed by atoms with Gasteiger partial charge in [-0.2, -0.15) is 0 Å². The second kappa shape index (κ2) is 7.75. The Morgan fingerprint density at radius 3 is 2.64 bits per heavy atom. The van der Waals surface area contributed by atoms with Crippen molar-refractivity contribution in [1.29, 1.82) is 0 Å². The molecule has 0 radical (unpaired) electrons. The molecule has 2 rings (SSSR count). The van der Waals surface area contributed by atoms with Gasteiger partial charge in [0.05, 0.1) is 37.9 Å². The molecule has 22 heavy (non-hydrogen) atoms. The lowest BCUT2D eigenvalue weighted by Gasteiger charge is -2.26. The van der Waals surface area contributed by atoms with Crippen molar-refractivity contribution in [3.05, 3.63) is 47.5 Å². The van der Waals surface area contributed by atoms with Crippen LogP contribution in [0.15, 0.2) is 36.4 Å². The van der Waals surface area contributed by atoms with Crippen LogP contribution in [0.2, 0.25) is 0 Å². The maximum absolute atomic E-state index is 11.5. The number of ether oxygens (including phenoxy) is 3. The molecule has 118 valence electrons. The minimum atomic E-state index is -0.365. The summed E-state index contributed by atoms with van der Waals surface area (Å²) in [5.74, 6) is -0.630. The molecule has 1 heterocycles. The van der Waals surface area contributed by atoms with Crippen molar-refractivity contribution < 1.29 is 23.8 Å². The van der Waals surface area contributed by atoms with Crippen LogP contribution < -0.4 is 0 Å². The fourth-order valence-electron chi connectivity index (χ4n) is 2.33. The second-order valence-electron chi connectivity index (χ2n) is 4.95. The number of hydrogen-bond acceptors (Lipinski definition) is 5. The predicted molar refractivity (Wildman–Crippen MR) is 80.4 cm³/mol. The smallest absolute Gasteiger partial charge is 0.337 e. The molecule has 1 aliphatic rings. The molecule has 5 nitrogen and oxygen atoms in total. The van der Waals surface area contributed by atoms with E-state index < -0.39 is 0 Å². The monoisotopic (exact) mass is 304 g/mol. The van der Waals surface area contributed by atoms with Gasteiger partial charge in [0.25, 0.3) is 0 Å². The zero-order valence-electron chi connectivity index (χ0n) is 12.8. The highest BCUT2D eigenvalue weighted by Crippen LogP contribution is 2.28. The Morgan fingerprint density at radius 2 is 2.00 bits per heavy atom. The minimum absolute atomic E-state index is 0.129. The molecule has 0 aliphatic carbocycles. The van der Waals surface area contributed by atoms with Crippen LogP contribution in [0.4, 0.5) is 0 Å². The Balaban J connectivity index is 1.99. The van der Waals surface area contributed by atoms with E-state index in [1.54, 1.807) is 19.1 Å². The molecule has 5 heteroatoms. The average molecular weight is 304 g/mol. The van der Waals surface area contributed by atoms with Gasteiger partial charge in [0.15, 0.2) is 0 Å². The molecule has 1 aliphatic heterocycles. The molecule has 0 spiro atoms. The summed E-state index contributed by atoms with van der Waals surface area (Å²) in [5.41, 5.74) is 1.46. The van der Waals surface area contributed by atoms with E-state index in [-0.39, 0.29) is 30.6 Å². The number of carbonyl (C=O) groups excluding carboxylic acids is 2. The number of benzene rings is 1. The second-order valence-corrected chi connectivity index (χ2v) is 4.95. The topological polar surface area (TPSA) is 61.8 Å². The van der Waals surface area contributed by atoms with E-state index in [2.05, 4.69) is 4.74 Å². The maximum Gasteiger partial charge on any atom is 0.337 e. The van der Waals surface area contributed by atoms with E-state index in [0.29, 0.717) is 12.2 Å². The summed E-state index contributed by atoms with van der Waals surface area (Å²) in [7, 11) is 1.35. The van der Waals surface area contributed by atoms with Crippen molar-refractivity contribution in [2.24, 2.45) is 0 Å². The van der Waals surface area contributed by atoms with E-state index >= 15 is 0 Å². The summed E-state index contributed by atoms with van der Waals surface area (Å²) in [6, 6.07) is 7.11. The van der Waals surface area contributed by atoms with Crippen LogP contribution in [0.5, 0.6) is 0 Å². The molecule has 0 aromatic heterocycles. The fourth-order valence-corrected chi connectivity index (χ4v) is 2.33. The molecule has 0 saturated carbocycles. The van der Waals surface area contributed by atoms with Crippen LogP contribution in [-0.2, 0) is 19.0 Å². The number of hydrogen-bond donors (Lipinski definition) is 0. The Hall–Kier alpha value is -2.14. The number of methoxy groups -OCH3 is 1. The van der Waals surface area contributed by atoms with Gasteiger partial charge in [-0.15, -0.1) is 0 Å². The van der Waals surface area contributed by atoms with Crippen molar-refractivity contribution in [3.8, 4) is 0 Å². The molecule has 0 N–H and O–H groups in total. The molecule has 1 aromatic rings. The van der Waals surface area contributed by atoms with Gasteiger partial charge in [0.2, 0.25) is 0 Å². The molecule has 2 atom stereocenters. The highest BCUT2D eigenvalue weighted by molar-refractivity contribution is 5.89. The van der Waals surface area contributed by atoms with Crippen molar-refractivity contribution in [3.63, 3.8) is 0 Å². The SMILES string of the molecule is CCOC(=O)C[C@@H]1C=CC[C@H](c2ccc(C(=O)OC)cc2)O1. The Kier molecular flexibility index (Phi) is 5.72. The van der Waals surface area contributed by atoms with Gasteiger partial charge in [-0.05, 0) is 31.0 Å². The van der Waals surface area contributed by atoms with Crippen LogP contribution >= 0.6 is 0 Å². The first-order valence-electron chi connectivity index (χ1n) is 7.30. The van der Waals surface area contributed by atoms with Crippen molar-refractivity contribution in [2.75, 3.05) is 13.7 Å². The van der Waals surface area contributed by atoms with Crippen LogP contribution in [-0.4, -0.2) is 31.8 Å². The highest BCUT2D eigenvalue weighted by atomic mass is 16.5. The zero-order chi connectivity index (χ0) is 15.9. The fraction of sp³-hybridized carbons (Fsp3) is 0.412. The molecule has 0 fully saturated rings. The highest BCUT2D eigenvalue weighted by Gasteiger charge is 2.22. The largest absolute Gasteiger partial charge is 0.466 e. The molecule has 0 bridgehead atoms. The Bertz CT molecular complexity index is 547. The minimum Gasteiger partial charge on any atom is -0.466 e. The third-order valence-electron chi connectivity index (χ3n) is 3.42. The van der Waals surface area contributed by atoms with E-state index in [9.17, 15) is 9.59 Å². The summed E-state index contributed by atoms with van der Waals surface area (Å²) < 4.78 is 15.5. The number of esters is 2. The Labute approximate surface area is 129 Å². The normalized spacial score (nSPS) is 20.5. The van der Waals surface area contributed by atoms with E-state index in [1.165, 1.54) is 7.11 Å². The first kappa shape index (κ1) is 16.2. The van der Waals surface area contributed by atoms with Gasteiger partial charge in [0, 0.05) is 0 Å². The van der Waals surface area contributed by atoms with Gasteiger partial charge in [-0.3, -0.25) is 4.79 Å². The van der Waals surface area contributed by atoms with Gasteiger partial charge in [-0.25, -0.2) is 4.79 Å². The van der Waals surface area contributed by atoms with Crippen molar-refractivity contribution in [2.45, 2.75) is 32.0 Å². The predicted octanol–water partition coefficient (Wildman–Crippen LogP) is 2.81. The van der Waals surface area contributed by atoms with Crippen molar-refractivity contribution in [1.82, 2.24) is 0 Å². The third kappa shape index (κ3) is 4.18. The van der Waals surface area contributed by atoms with E-state index in [1.807, 2.05) is 24.3 Å². The Morgan fingerprint density at radius 1 is 1.27 bits per heavy atom. The van der Waals surface area contributed by atoms with E-state index in [4.69, 9.17) is 9.47 Å². The van der Waals surface area contributed by atoms with Gasteiger partial charge in [0.1, 0.15) is 0 Å². The van der Waals surface area contributed by atoms with Crippen LogP contribution in [0.1, 0.15) is 41.8 Å². The van der Waals surface area contributed by atoms with Crippen molar-refractivity contribution >= 4 is 11.9 Å². The first-order valence-corrected chi connectivity index (χ1v) is 7.30. The van der Waals surface area contributed by atoms with Gasteiger partial charge >= 0.3 is 11.9 Å². The summed E-state index contributed by atoms with van der Waals surface area (Å²) in [6.07, 6.45) is 4.43. The lowest BCUT2D eigenvalue weighted by Crippen LogP contribution is -2.22. The lowest BCUT2D eigenvalue weighted by molar-refractivity contribution is -0.146. The van der Waals surface area contributed by atoms with E-state index in [0.717, 1.165) is 12.0 Å². The standard InChI is InChI=1S/C17H20O5/c1-3-21-16(18)11-14-5-4-6-15(22-14)12-7-9-13(10-8-12)17(19)20-2/h4-5,7-10,14-15H,3,6,11H2,1-2H3/t14-,15+/m0/s1. The van der Waals surface area contributed by atoms with Crippen LogP contribution in [0.25, 0.3) is 0 Å². The zero-order valence-corrected chi connectivity index (χ0v) is 12.8. The molecule has 1 aromatic carbocycles. The van der Waals surface area contributed by atoms with Gasteiger partial charge in [-0.1, -0.05) is 24.3 Å². The lowest BCUT2D eigenvalue weighted by atomic mass is 10.0. The number of carbonyl (C=O) groups is 2. The summed E-state index contributed by atoms with van der Waals surface area (Å²) >= 11 is 0. The van der Waals surface area contributed by atoms with Gasteiger partial charge < -0.3 is 14.2 Å². The summed E-state index contributed by atoms with van der Waals surface area (Å²) in [4.78, 5) is 22.9. The average Bonchev–Trinajstić information content (AvgIpc) is 2.54.